The average Bonchev–Trinajstić information content (AvgIpc) is 2.69. The minimum atomic E-state index is -0.788. The van der Waals surface area contributed by atoms with E-state index in [2.05, 4.69) is 50.3 Å². The lowest BCUT2D eigenvalue weighted by molar-refractivity contribution is -0.284. The molecule has 32 heavy (non-hydrogen) atoms. The van der Waals surface area contributed by atoms with Gasteiger partial charge in [0.15, 0.2) is 0 Å². The molecule has 1 aromatic carbocycles. The maximum atomic E-state index is 12.5. The molecule has 0 saturated carbocycles. The number of piperidine rings is 1. The third kappa shape index (κ3) is 7.48. The Bertz CT molecular complexity index is 745. The zero-order valence-electron chi connectivity index (χ0n) is 20.4. The molecule has 2 rings (SSSR count). The summed E-state index contributed by atoms with van der Waals surface area (Å²) >= 11 is 0. The van der Waals surface area contributed by atoms with E-state index in [0.29, 0.717) is 19.4 Å². The highest BCUT2D eigenvalue weighted by atomic mass is 16.7. The quantitative estimate of drug-likeness (QED) is 0.273. The van der Waals surface area contributed by atoms with Gasteiger partial charge in [-0.2, -0.15) is 5.06 Å². The Morgan fingerprint density at radius 3 is 2.22 bits per heavy atom. The molecular formula is C25H41N3O4. The van der Waals surface area contributed by atoms with Crippen LogP contribution in [0.15, 0.2) is 24.3 Å². The fourth-order valence-electron chi connectivity index (χ4n) is 4.76. The number of benzene rings is 1. The van der Waals surface area contributed by atoms with Crippen LogP contribution in [0.2, 0.25) is 0 Å². The molecule has 0 aliphatic carbocycles. The first-order valence-corrected chi connectivity index (χ1v) is 11.9. The van der Waals surface area contributed by atoms with Gasteiger partial charge in [-0.1, -0.05) is 51.2 Å². The first-order chi connectivity index (χ1) is 15.1. The molecule has 1 heterocycles. The molecule has 1 aliphatic rings. The van der Waals surface area contributed by atoms with Crippen molar-refractivity contribution >= 4 is 17.5 Å². The number of hydrogen-bond acceptors (Lipinski definition) is 5. The van der Waals surface area contributed by atoms with Crippen LogP contribution in [-0.2, 0) is 14.4 Å². The van der Waals surface area contributed by atoms with Crippen LogP contribution in [0.4, 0.5) is 5.69 Å². The number of carbonyl (C=O) groups is 2. The molecule has 0 radical (unpaired) electrons. The summed E-state index contributed by atoms with van der Waals surface area (Å²) < 4.78 is 0. The number of nitrogens with zero attached hydrogens (tertiary/aromatic N) is 1. The van der Waals surface area contributed by atoms with Crippen LogP contribution in [0.5, 0.6) is 5.75 Å². The normalized spacial score (nSPS) is 18.3. The van der Waals surface area contributed by atoms with Gasteiger partial charge in [-0.15, -0.1) is 0 Å². The second-order valence-corrected chi connectivity index (χ2v) is 10.1. The van der Waals surface area contributed by atoms with Crippen LogP contribution < -0.4 is 10.6 Å². The summed E-state index contributed by atoms with van der Waals surface area (Å²) in [5.41, 5.74) is -0.377. The topological polar surface area (TPSA) is 90.9 Å². The fraction of sp³-hybridized carbons (Fsp3) is 0.680. The van der Waals surface area contributed by atoms with E-state index >= 15 is 0 Å². The smallest absolute Gasteiger partial charge is 0.313 e. The lowest BCUT2D eigenvalue weighted by atomic mass is 9.79. The first-order valence-electron chi connectivity index (χ1n) is 11.9. The van der Waals surface area contributed by atoms with Crippen molar-refractivity contribution in [2.45, 2.75) is 103 Å². The summed E-state index contributed by atoms with van der Waals surface area (Å²) in [4.78, 5) is 31.1. The Morgan fingerprint density at radius 2 is 1.59 bits per heavy atom. The maximum absolute atomic E-state index is 12.5. The molecule has 0 unspecified atom stereocenters. The molecule has 0 atom stereocenters. The summed E-state index contributed by atoms with van der Waals surface area (Å²) in [5, 5.41) is 17.2. The maximum Gasteiger partial charge on any atom is 0.313 e. The Labute approximate surface area is 192 Å². The first kappa shape index (κ1) is 26.1. The molecule has 7 nitrogen and oxygen atoms in total. The van der Waals surface area contributed by atoms with Gasteiger partial charge in [0.05, 0.1) is 12.3 Å². The van der Waals surface area contributed by atoms with Crippen LogP contribution in [0.1, 0.15) is 86.0 Å². The summed E-state index contributed by atoms with van der Waals surface area (Å²) in [6.45, 7) is 11.3. The van der Waals surface area contributed by atoms with E-state index in [1.165, 1.54) is 38.2 Å². The molecule has 1 saturated heterocycles. The number of rotatable bonds is 10. The molecule has 1 fully saturated rings. The van der Waals surface area contributed by atoms with Gasteiger partial charge in [-0.05, 0) is 59.1 Å². The van der Waals surface area contributed by atoms with Crippen molar-refractivity contribution in [1.82, 2.24) is 10.4 Å². The molecule has 2 amide bonds. The van der Waals surface area contributed by atoms with Crippen LogP contribution in [0, 0.1) is 0 Å². The molecule has 1 aliphatic heterocycles. The summed E-state index contributed by atoms with van der Waals surface area (Å²) in [5.74, 6) is -1.57. The number of nitrogens with one attached hydrogen (secondary N) is 2. The Balaban J connectivity index is 1.87. The number of phenols is 1. The standard InChI is InChI=1S/C25H41N3O4/c1-6-7-8-9-10-13-16-32-28-24(2,3)17-19(18-25(28,4)5)26-22(30)23(31)27-20-14-11-12-15-21(20)29/h11-12,14-15,19,29H,6-10,13,16-18H2,1-5H3,(H,26,30)(H,27,31). The van der Waals surface area contributed by atoms with E-state index < -0.39 is 11.8 Å². The highest BCUT2D eigenvalue weighted by molar-refractivity contribution is 6.39. The molecule has 0 bridgehead atoms. The van der Waals surface area contributed by atoms with E-state index in [0.717, 1.165) is 6.42 Å². The number of hydroxylamine groups is 2. The highest BCUT2D eigenvalue weighted by Crippen LogP contribution is 2.38. The molecule has 3 N–H and O–H groups in total. The Hall–Kier alpha value is -2.12. The van der Waals surface area contributed by atoms with Crippen molar-refractivity contribution < 1.29 is 19.5 Å². The average molecular weight is 448 g/mol. The second kappa shape index (κ2) is 11.7. The Morgan fingerprint density at radius 1 is 1.00 bits per heavy atom. The van der Waals surface area contributed by atoms with Crippen molar-refractivity contribution in [1.29, 1.82) is 0 Å². The molecule has 180 valence electrons. The molecule has 0 aromatic heterocycles. The molecular weight excluding hydrogens is 406 g/mol. The number of hydrogen-bond donors (Lipinski definition) is 3. The van der Waals surface area contributed by atoms with Gasteiger partial charge < -0.3 is 15.7 Å². The minimum Gasteiger partial charge on any atom is -0.506 e. The van der Waals surface area contributed by atoms with Gasteiger partial charge in [0, 0.05) is 17.1 Å². The number of para-hydroxylation sites is 2. The predicted molar refractivity (Wildman–Crippen MR) is 127 cm³/mol. The van der Waals surface area contributed by atoms with Gasteiger partial charge >= 0.3 is 11.8 Å². The number of phenolic OH excluding ortho intramolecular Hbond substituents is 1. The van der Waals surface area contributed by atoms with Crippen molar-refractivity contribution in [3.63, 3.8) is 0 Å². The summed E-state index contributed by atoms with van der Waals surface area (Å²) in [6.07, 6.45) is 8.64. The van der Waals surface area contributed by atoms with Crippen LogP contribution in [0.3, 0.4) is 0 Å². The Kier molecular flexibility index (Phi) is 9.52. The van der Waals surface area contributed by atoms with E-state index in [9.17, 15) is 14.7 Å². The van der Waals surface area contributed by atoms with Gasteiger partial charge in [-0.25, -0.2) is 0 Å². The summed E-state index contributed by atoms with van der Waals surface area (Å²) in [6, 6.07) is 6.18. The van der Waals surface area contributed by atoms with Gasteiger partial charge in [0.1, 0.15) is 5.75 Å². The molecule has 0 spiro atoms. The SMILES string of the molecule is CCCCCCCCON1C(C)(C)CC(NC(=O)C(=O)Nc2ccccc2O)CC1(C)C. The number of unbranched alkanes of at least 4 members (excludes halogenated alkanes) is 5. The van der Waals surface area contributed by atoms with E-state index in [1.807, 2.05) is 0 Å². The third-order valence-corrected chi connectivity index (χ3v) is 6.00. The number of anilines is 1. The van der Waals surface area contributed by atoms with Gasteiger partial charge in [0.25, 0.3) is 0 Å². The van der Waals surface area contributed by atoms with Crippen LogP contribution in [0.25, 0.3) is 0 Å². The van der Waals surface area contributed by atoms with Gasteiger partial charge in [0.2, 0.25) is 0 Å². The van der Waals surface area contributed by atoms with Crippen molar-refractivity contribution in [3.8, 4) is 5.75 Å². The lowest BCUT2D eigenvalue weighted by Gasteiger charge is -2.53. The highest BCUT2D eigenvalue weighted by Gasteiger charge is 2.47. The fourth-order valence-corrected chi connectivity index (χ4v) is 4.76. The third-order valence-electron chi connectivity index (χ3n) is 6.00. The minimum absolute atomic E-state index is 0.0771. The largest absolute Gasteiger partial charge is 0.506 e. The number of amides is 2. The van der Waals surface area contributed by atoms with Crippen molar-refractivity contribution in [3.05, 3.63) is 24.3 Å². The van der Waals surface area contributed by atoms with Crippen LogP contribution in [-0.4, -0.2) is 45.7 Å². The monoisotopic (exact) mass is 447 g/mol. The van der Waals surface area contributed by atoms with E-state index in [4.69, 9.17) is 4.84 Å². The number of carbonyl (C=O) groups excluding carboxylic acids is 2. The van der Waals surface area contributed by atoms with Gasteiger partial charge in [-0.3, -0.25) is 14.4 Å². The van der Waals surface area contributed by atoms with E-state index in [-0.39, 0.29) is 28.6 Å². The molecule has 1 aromatic rings. The summed E-state index contributed by atoms with van der Waals surface area (Å²) in [7, 11) is 0. The van der Waals surface area contributed by atoms with E-state index in [1.54, 1.807) is 18.2 Å². The second-order valence-electron chi connectivity index (χ2n) is 10.1. The number of aromatic hydroxyl groups is 1. The van der Waals surface area contributed by atoms with Crippen molar-refractivity contribution in [2.24, 2.45) is 0 Å². The van der Waals surface area contributed by atoms with Crippen molar-refractivity contribution in [2.75, 3.05) is 11.9 Å². The van der Waals surface area contributed by atoms with Crippen LogP contribution >= 0.6 is 0 Å². The zero-order chi connectivity index (χ0) is 23.8. The lowest BCUT2D eigenvalue weighted by Crippen LogP contribution is -2.64. The molecule has 7 heteroatoms. The zero-order valence-corrected chi connectivity index (χ0v) is 20.4. The predicted octanol–water partition coefficient (Wildman–Crippen LogP) is 4.76.